The van der Waals surface area contributed by atoms with Gasteiger partial charge in [-0.2, -0.15) is 0 Å². The lowest BCUT2D eigenvalue weighted by atomic mass is 10.0. The second-order valence-electron chi connectivity index (χ2n) is 24.6. The molecule has 1 amide bonds. The van der Waals surface area contributed by atoms with Gasteiger partial charge in [-0.15, -0.1) is 0 Å². The average molecular weight is 1120 g/mol. The maximum atomic E-state index is 12.5. The Morgan fingerprint density at radius 2 is 0.625 bits per heavy atom. The Kier molecular flexibility index (Phi) is 67.4. The summed E-state index contributed by atoms with van der Waals surface area (Å²) < 4.78 is 5.49. The van der Waals surface area contributed by atoms with E-state index in [2.05, 4.69) is 55.6 Å². The van der Waals surface area contributed by atoms with Crippen LogP contribution in [0.25, 0.3) is 0 Å². The van der Waals surface area contributed by atoms with Gasteiger partial charge in [-0.25, -0.2) is 0 Å². The molecule has 0 spiro atoms. The molecule has 0 fully saturated rings. The quantitative estimate of drug-likeness (QED) is 0.0320. The fourth-order valence-corrected chi connectivity index (χ4v) is 11.1. The zero-order valence-corrected chi connectivity index (χ0v) is 53.8. The summed E-state index contributed by atoms with van der Waals surface area (Å²) in [5, 5.41) is 23.1. The minimum atomic E-state index is -0.841. The fourth-order valence-electron chi connectivity index (χ4n) is 11.1. The highest BCUT2D eigenvalue weighted by Gasteiger charge is 2.18. The number of aliphatic hydroxyl groups excluding tert-OH is 2. The molecule has 2 unspecified atom stereocenters. The van der Waals surface area contributed by atoms with Gasteiger partial charge < -0.3 is 20.3 Å². The summed E-state index contributed by atoms with van der Waals surface area (Å²) in [6.45, 7) is 4.89. The van der Waals surface area contributed by atoms with E-state index in [1.165, 1.54) is 308 Å². The molecule has 6 nitrogen and oxygen atoms in total. The molecule has 0 rings (SSSR count). The molecular weight excluding hydrogens is 983 g/mol. The zero-order chi connectivity index (χ0) is 57.8. The average Bonchev–Trinajstić information content (AvgIpc) is 3.46. The van der Waals surface area contributed by atoms with Crippen LogP contribution in [0.4, 0.5) is 0 Å². The van der Waals surface area contributed by atoms with Crippen molar-refractivity contribution >= 4 is 11.9 Å². The first-order chi connectivity index (χ1) is 39.5. The van der Waals surface area contributed by atoms with Crippen molar-refractivity contribution in [3.63, 3.8) is 0 Å². The number of hydrogen-bond acceptors (Lipinski definition) is 5. The van der Waals surface area contributed by atoms with Gasteiger partial charge in [0.05, 0.1) is 25.4 Å². The van der Waals surface area contributed by atoms with Gasteiger partial charge in [-0.3, -0.25) is 9.59 Å². The van der Waals surface area contributed by atoms with E-state index in [-0.39, 0.29) is 18.5 Å². The summed E-state index contributed by atoms with van der Waals surface area (Å²) in [4.78, 5) is 24.5. The van der Waals surface area contributed by atoms with Crippen molar-refractivity contribution in [1.82, 2.24) is 5.32 Å². The topological polar surface area (TPSA) is 95.9 Å². The van der Waals surface area contributed by atoms with E-state index < -0.39 is 12.1 Å². The molecule has 6 heteroatoms. The first-order valence-corrected chi connectivity index (χ1v) is 35.9. The second kappa shape index (κ2) is 69.3. The molecule has 0 aliphatic rings. The SMILES string of the molecule is CCCCCC/C=C\C/C=C\CCCCCCCC(=O)OCCCCCCCCCCCCCCCC/C=C\CCCCCCCCCCCCCCCCCCCC(=O)NC(CO)C(O)/C=C/CCCCCCCCCCCC. The number of rotatable bonds is 67. The number of hydrogen-bond donors (Lipinski definition) is 3. The van der Waals surface area contributed by atoms with Crippen molar-refractivity contribution in [1.29, 1.82) is 0 Å². The number of nitrogens with one attached hydrogen (secondary N) is 1. The van der Waals surface area contributed by atoms with Crippen molar-refractivity contribution in [2.45, 2.75) is 398 Å². The lowest BCUT2D eigenvalue weighted by Gasteiger charge is -2.20. The minimum absolute atomic E-state index is 0.00651. The van der Waals surface area contributed by atoms with Crippen molar-refractivity contribution in [3.8, 4) is 0 Å². The minimum Gasteiger partial charge on any atom is -0.466 e. The Morgan fingerprint density at radius 1 is 0.350 bits per heavy atom. The van der Waals surface area contributed by atoms with Crippen LogP contribution in [0.15, 0.2) is 48.6 Å². The van der Waals surface area contributed by atoms with E-state index >= 15 is 0 Å². The van der Waals surface area contributed by atoms with Gasteiger partial charge in [0.15, 0.2) is 0 Å². The molecule has 470 valence electrons. The van der Waals surface area contributed by atoms with E-state index in [0.717, 1.165) is 51.4 Å². The highest BCUT2D eigenvalue weighted by atomic mass is 16.5. The van der Waals surface area contributed by atoms with E-state index in [1.807, 2.05) is 6.08 Å². The normalized spacial score (nSPS) is 12.8. The Bertz CT molecular complexity index is 1340. The van der Waals surface area contributed by atoms with Crippen LogP contribution in [-0.2, 0) is 14.3 Å². The first kappa shape index (κ1) is 77.8. The fraction of sp³-hybridized carbons (Fsp3) is 0.865. The molecule has 0 bridgehead atoms. The predicted octanol–water partition coefficient (Wildman–Crippen LogP) is 23.3. The smallest absolute Gasteiger partial charge is 0.305 e. The number of carbonyl (C=O) groups excluding carboxylic acids is 2. The molecule has 0 aromatic carbocycles. The van der Waals surface area contributed by atoms with Crippen LogP contribution in [0.5, 0.6) is 0 Å². The number of esters is 1. The van der Waals surface area contributed by atoms with Gasteiger partial charge >= 0.3 is 5.97 Å². The van der Waals surface area contributed by atoms with Gasteiger partial charge in [0.2, 0.25) is 5.91 Å². The third kappa shape index (κ3) is 65.0. The Labute approximate surface area is 499 Å². The number of aliphatic hydroxyl groups is 2. The van der Waals surface area contributed by atoms with Gasteiger partial charge in [0.1, 0.15) is 0 Å². The van der Waals surface area contributed by atoms with E-state index in [1.54, 1.807) is 6.08 Å². The van der Waals surface area contributed by atoms with Crippen LogP contribution in [0, 0.1) is 0 Å². The summed E-state index contributed by atoms with van der Waals surface area (Å²) in [5.74, 6) is -0.0575. The molecule has 0 aromatic rings. The van der Waals surface area contributed by atoms with Crippen LogP contribution in [0.1, 0.15) is 386 Å². The summed E-state index contributed by atoms with van der Waals surface area (Å²) in [6, 6.07) is -0.624. The number of carbonyl (C=O) groups is 2. The van der Waals surface area contributed by atoms with E-state index in [4.69, 9.17) is 4.74 Å². The standard InChI is InChI=1S/C74H139NO5/c1-3-5-7-9-11-13-15-17-18-41-44-48-52-56-60-64-68-74(79)80-69-65-61-57-53-49-45-42-39-37-35-33-31-29-27-25-23-21-19-20-22-24-26-28-30-32-34-36-38-40-43-47-51-55-59-63-67-73(78)75-71(70-76)72(77)66-62-58-54-50-46-16-14-12-10-8-6-4-2/h13,15,18,21,23,41,62,66,71-72,76-77H,3-12,14,16-17,19-20,22,24-40,42-61,63-65,67-70H2,1-2H3,(H,75,78)/b15-13-,23-21-,41-18-,66-62+. The first-order valence-electron chi connectivity index (χ1n) is 35.9. The monoisotopic (exact) mass is 1120 g/mol. The predicted molar refractivity (Wildman–Crippen MR) is 352 cm³/mol. The summed E-state index contributed by atoms with van der Waals surface area (Å²) in [5.41, 5.74) is 0. The maximum Gasteiger partial charge on any atom is 0.305 e. The molecular formula is C74H139NO5. The van der Waals surface area contributed by atoms with Crippen LogP contribution < -0.4 is 5.32 Å². The van der Waals surface area contributed by atoms with Crippen molar-refractivity contribution in [2.24, 2.45) is 0 Å². The number of ether oxygens (including phenoxy) is 1. The summed E-state index contributed by atoms with van der Waals surface area (Å²) in [6.07, 6.45) is 90.7. The second-order valence-corrected chi connectivity index (χ2v) is 24.6. The van der Waals surface area contributed by atoms with Crippen LogP contribution in [-0.4, -0.2) is 47.4 Å². The molecule has 0 aliphatic carbocycles. The Hall–Kier alpha value is -2.18. The maximum absolute atomic E-state index is 12.5. The van der Waals surface area contributed by atoms with Crippen LogP contribution in [0.3, 0.4) is 0 Å². The largest absolute Gasteiger partial charge is 0.466 e. The highest BCUT2D eigenvalue weighted by Crippen LogP contribution is 2.18. The number of allylic oxidation sites excluding steroid dienone is 7. The summed E-state index contributed by atoms with van der Waals surface area (Å²) >= 11 is 0. The van der Waals surface area contributed by atoms with Crippen molar-refractivity contribution in [2.75, 3.05) is 13.2 Å². The molecule has 0 saturated carbocycles. The number of unbranched alkanes of at least 4 members (excludes halogenated alkanes) is 50. The van der Waals surface area contributed by atoms with Crippen LogP contribution in [0.2, 0.25) is 0 Å². The molecule has 3 N–H and O–H groups in total. The lowest BCUT2D eigenvalue weighted by Crippen LogP contribution is -2.45. The highest BCUT2D eigenvalue weighted by molar-refractivity contribution is 5.76. The third-order valence-corrected chi connectivity index (χ3v) is 16.6. The molecule has 0 heterocycles. The van der Waals surface area contributed by atoms with Gasteiger partial charge in [-0.1, -0.05) is 332 Å². The Balaban J connectivity index is 3.34. The van der Waals surface area contributed by atoms with E-state index in [9.17, 15) is 19.8 Å². The van der Waals surface area contributed by atoms with Crippen molar-refractivity contribution < 1.29 is 24.5 Å². The van der Waals surface area contributed by atoms with E-state index in [0.29, 0.717) is 19.4 Å². The van der Waals surface area contributed by atoms with Gasteiger partial charge in [0.25, 0.3) is 0 Å². The molecule has 0 aliphatic heterocycles. The lowest BCUT2D eigenvalue weighted by molar-refractivity contribution is -0.143. The zero-order valence-electron chi connectivity index (χ0n) is 53.8. The molecule has 80 heavy (non-hydrogen) atoms. The van der Waals surface area contributed by atoms with Gasteiger partial charge in [0, 0.05) is 12.8 Å². The molecule has 0 aromatic heterocycles. The number of amides is 1. The third-order valence-electron chi connectivity index (χ3n) is 16.6. The molecule has 0 saturated heterocycles. The molecule has 2 atom stereocenters. The van der Waals surface area contributed by atoms with Gasteiger partial charge in [-0.05, 0) is 89.9 Å². The van der Waals surface area contributed by atoms with Crippen LogP contribution >= 0.6 is 0 Å². The molecule has 0 radical (unpaired) electrons. The van der Waals surface area contributed by atoms with Crippen molar-refractivity contribution in [3.05, 3.63) is 48.6 Å². The Morgan fingerprint density at radius 3 is 0.975 bits per heavy atom. The summed E-state index contributed by atoms with van der Waals surface area (Å²) in [7, 11) is 0.